The zero-order chi connectivity index (χ0) is 63.1. The van der Waals surface area contributed by atoms with Crippen molar-refractivity contribution >= 4 is 35.2 Å². The maximum absolute atomic E-state index is 15.6. The summed E-state index contributed by atoms with van der Waals surface area (Å²) in [4.78, 5) is 88.7. The average molecular weight is 1210 g/mol. The SMILES string of the molecule is CCCCCCCCCCCCCCCCCC(=O)C(NC(N)=O)(NC(N)=O)C(C(=O)CCCCCCCCCCCCCCCCC)(C(=O)CCCCCCCCCCCCCCCCC)C(=O)CCCCCCCCCCCCCCCCC. The summed E-state index contributed by atoms with van der Waals surface area (Å²) in [7, 11) is 0. The fourth-order valence-electron chi connectivity index (χ4n) is 13.4. The summed E-state index contributed by atoms with van der Waals surface area (Å²) < 4.78 is 0. The van der Waals surface area contributed by atoms with Crippen LogP contribution in [0.3, 0.4) is 0 Å². The van der Waals surface area contributed by atoms with Gasteiger partial charge >= 0.3 is 12.1 Å². The van der Waals surface area contributed by atoms with Crippen molar-refractivity contribution in [2.45, 2.75) is 444 Å². The normalized spacial score (nSPS) is 11.8. The van der Waals surface area contributed by atoms with E-state index < -0.39 is 46.3 Å². The van der Waals surface area contributed by atoms with Crippen molar-refractivity contribution in [3.63, 3.8) is 0 Å². The molecule has 0 rings (SSSR count). The minimum atomic E-state index is -2.76. The van der Waals surface area contributed by atoms with Gasteiger partial charge in [0.05, 0.1) is 0 Å². The van der Waals surface area contributed by atoms with Crippen LogP contribution in [0.1, 0.15) is 439 Å². The Labute approximate surface area is 533 Å². The van der Waals surface area contributed by atoms with Crippen molar-refractivity contribution in [2.24, 2.45) is 16.9 Å². The lowest BCUT2D eigenvalue weighted by molar-refractivity contribution is -0.161. The molecule has 0 unspecified atom stereocenters. The van der Waals surface area contributed by atoms with E-state index in [0.717, 1.165) is 77.0 Å². The van der Waals surface area contributed by atoms with E-state index in [0.29, 0.717) is 51.4 Å². The average Bonchev–Trinajstić information content (AvgIpc) is 0.738. The van der Waals surface area contributed by atoms with Crippen LogP contribution in [-0.4, -0.2) is 40.9 Å². The predicted molar refractivity (Wildman–Crippen MR) is 369 cm³/mol. The molecule has 506 valence electrons. The minimum Gasteiger partial charge on any atom is -0.352 e. The van der Waals surface area contributed by atoms with E-state index in [1.807, 2.05) is 0 Å². The lowest BCUT2D eigenvalue weighted by atomic mass is 9.60. The van der Waals surface area contributed by atoms with E-state index in [1.54, 1.807) is 0 Å². The van der Waals surface area contributed by atoms with Crippen LogP contribution in [0.4, 0.5) is 9.59 Å². The molecule has 0 bridgehead atoms. The summed E-state index contributed by atoms with van der Waals surface area (Å²) in [6.45, 7) is 9.03. The number of nitrogens with two attached hydrogens (primary N) is 2. The van der Waals surface area contributed by atoms with Crippen molar-refractivity contribution in [1.29, 1.82) is 0 Å². The first-order chi connectivity index (χ1) is 42.0. The number of rotatable bonds is 71. The molecular formula is C76H146N4O6. The highest BCUT2D eigenvalue weighted by Gasteiger charge is 2.69. The minimum absolute atomic E-state index is 0.150. The summed E-state index contributed by atoms with van der Waals surface area (Å²) in [5.41, 5.74) is 6.43. The van der Waals surface area contributed by atoms with Crippen LogP contribution in [0, 0.1) is 5.41 Å². The fraction of sp³-hybridized carbons (Fsp3) is 0.921. The van der Waals surface area contributed by atoms with Crippen LogP contribution >= 0.6 is 0 Å². The second-order valence-electron chi connectivity index (χ2n) is 27.0. The Morgan fingerprint density at radius 3 is 0.477 bits per heavy atom. The fourth-order valence-corrected chi connectivity index (χ4v) is 13.4. The van der Waals surface area contributed by atoms with E-state index in [2.05, 4.69) is 38.3 Å². The number of urea groups is 2. The third-order valence-electron chi connectivity index (χ3n) is 18.9. The molecule has 0 aliphatic heterocycles. The number of carbonyl (C=O) groups excluding carboxylic acids is 6. The van der Waals surface area contributed by atoms with Crippen molar-refractivity contribution in [2.75, 3.05) is 0 Å². The Kier molecular flexibility index (Phi) is 60.4. The van der Waals surface area contributed by atoms with Gasteiger partial charge in [0.1, 0.15) is 0 Å². The summed E-state index contributed by atoms with van der Waals surface area (Å²) >= 11 is 0. The molecule has 0 aromatic rings. The molecule has 0 atom stereocenters. The molecule has 10 nitrogen and oxygen atoms in total. The highest BCUT2D eigenvalue weighted by Crippen LogP contribution is 2.41. The Morgan fingerprint density at radius 1 is 0.209 bits per heavy atom. The van der Waals surface area contributed by atoms with Crippen LogP contribution in [-0.2, 0) is 19.2 Å². The zero-order valence-corrected chi connectivity index (χ0v) is 57.9. The van der Waals surface area contributed by atoms with Crippen LogP contribution in [0.25, 0.3) is 0 Å². The van der Waals surface area contributed by atoms with Crippen LogP contribution in [0.2, 0.25) is 0 Å². The molecule has 0 aromatic carbocycles. The summed E-state index contributed by atoms with van der Waals surface area (Å²) in [5.74, 6) is -2.95. The first kappa shape index (κ1) is 83.2. The number of ketones is 4. The van der Waals surface area contributed by atoms with Gasteiger partial charge in [-0.3, -0.25) is 19.2 Å². The van der Waals surface area contributed by atoms with Gasteiger partial charge in [-0.05, 0) is 25.7 Å². The number of nitrogens with one attached hydrogen (secondary N) is 2. The quantitative estimate of drug-likeness (QED) is 0.0267. The van der Waals surface area contributed by atoms with Gasteiger partial charge in [-0.25, -0.2) is 9.59 Å². The first-order valence-corrected chi connectivity index (χ1v) is 38.3. The molecule has 0 aliphatic rings. The second-order valence-corrected chi connectivity index (χ2v) is 27.0. The number of hydrogen-bond acceptors (Lipinski definition) is 6. The van der Waals surface area contributed by atoms with Crippen LogP contribution in [0.15, 0.2) is 0 Å². The molecular weight excluding hydrogens is 1060 g/mol. The number of hydrogen-bond donors (Lipinski definition) is 4. The van der Waals surface area contributed by atoms with Crippen LogP contribution < -0.4 is 22.1 Å². The molecule has 6 N–H and O–H groups in total. The molecule has 86 heavy (non-hydrogen) atoms. The molecule has 0 saturated carbocycles. The molecule has 0 aromatic heterocycles. The summed E-state index contributed by atoms with van der Waals surface area (Å²) in [5, 5.41) is 4.98. The molecule has 0 fully saturated rings. The molecule has 10 heteroatoms. The molecule has 0 radical (unpaired) electrons. The molecule has 4 amide bonds. The third-order valence-corrected chi connectivity index (χ3v) is 18.9. The Hall–Kier alpha value is -2.78. The number of Topliss-reactive ketones (excluding diaryl/α,β-unsaturated/α-hetero) is 4. The lowest BCUT2D eigenvalue weighted by Gasteiger charge is -2.46. The number of primary amides is 2. The molecule has 0 heterocycles. The lowest BCUT2D eigenvalue weighted by Crippen LogP contribution is -2.80. The third kappa shape index (κ3) is 44.6. The number of carbonyl (C=O) groups is 6. The van der Waals surface area contributed by atoms with E-state index in [1.165, 1.54) is 257 Å². The van der Waals surface area contributed by atoms with E-state index in [9.17, 15) is 9.59 Å². The monoisotopic (exact) mass is 1210 g/mol. The molecule has 0 aliphatic carbocycles. The standard InChI is InChI=1S/C76H146N4O6/c1-5-9-13-17-21-25-29-33-37-41-45-49-53-57-61-65-69(81)75(70(82)66-62-58-54-50-46-42-38-34-30-26-22-18-14-10-6-2,71(83)67-63-59-55-51-47-43-39-35-31-27-23-19-15-11-7-3)76(79-73(77)85,80-74(78)86)72(84)68-64-60-56-52-48-44-40-36-32-28-24-20-16-12-8-4/h5-68H2,1-4H3,(H3,77,79,85)(H3,78,80,86). The van der Waals surface area contributed by atoms with Gasteiger partial charge in [0.25, 0.3) is 0 Å². The highest BCUT2D eigenvalue weighted by molar-refractivity contribution is 6.29. The highest BCUT2D eigenvalue weighted by atomic mass is 16.2. The summed E-state index contributed by atoms with van der Waals surface area (Å²) in [6, 6.07) is -2.43. The van der Waals surface area contributed by atoms with Gasteiger partial charge in [0, 0.05) is 25.7 Å². The van der Waals surface area contributed by atoms with Crippen molar-refractivity contribution < 1.29 is 28.8 Å². The number of amides is 4. The molecule has 0 saturated heterocycles. The van der Waals surface area contributed by atoms with E-state index in [4.69, 9.17) is 11.5 Å². The van der Waals surface area contributed by atoms with E-state index in [-0.39, 0.29) is 25.7 Å². The van der Waals surface area contributed by atoms with Gasteiger partial charge in [-0.1, -0.05) is 387 Å². The predicted octanol–water partition coefficient (Wildman–Crippen LogP) is 23.3. The van der Waals surface area contributed by atoms with Gasteiger partial charge in [-0.2, -0.15) is 0 Å². The van der Waals surface area contributed by atoms with Gasteiger partial charge in [-0.15, -0.1) is 0 Å². The zero-order valence-electron chi connectivity index (χ0n) is 57.9. The molecule has 0 spiro atoms. The number of unbranched alkanes of at least 4 members (excludes halogenated alkanes) is 56. The Balaban J connectivity index is 6.42. The van der Waals surface area contributed by atoms with Gasteiger partial charge in [0.15, 0.2) is 28.5 Å². The second kappa shape index (κ2) is 62.4. The summed E-state index contributed by atoms with van der Waals surface area (Å²) in [6.07, 6.45) is 67.7. The Bertz CT molecular complexity index is 1460. The smallest absolute Gasteiger partial charge is 0.314 e. The van der Waals surface area contributed by atoms with E-state index >= 15 is 19.2 Å². The van der Waals surface area contributed by atoms with Gasteiger partial charge in [0.2, 0.25) is 5.66 Å². The maximum atomic E-state index is 15.6. The first-order valence-electron chi connectivity index (χ1n) is 38.3. The van der Waals surface area contributed by atoms with Gasteiger partial charge < -0.3 is 22.1 Å². The van der Waals surface area contributed by atoms with Crippen molar-refractivity contribution in [3.05, 3.63) is 0 Å². The maximum Gasteiger partial charge on any atom is 0.314 e. The van der Waals surface area contributed by atoms with Crippen molar-refractivity contribution in [3.8, 4) is 0 Å². The largest absolute Gasteiger partial charge is 0.352 e. The Morgan fingerprint density at radius 2 is 0.337 bits per heavy atom. The van der Waals surface area contributed by atoms with Crippen molar-refractivity contribution in [1.82, 2.24) is 10.6 Å². The van der Waals surface area contributed by atoms with Crippen LogP contribution in [0.5, 0.6) is 0 Å². The topological polar surface area (TPSA) is 179 Å².